The molecule has 82 valence electrons. The van der Waals surface area contributed by atoms with Gasteiger partial charge in [-0.3, -0.25) is 4.79 Å². The van der Waals surface area contributed by atoms with Crippen molar-refractivity contribution in [3.63, 3.8) is 0 Å². The number of carbonyl (C=O) groups excluding carboxylic acids is 2. The summed E-state index contributed by atoms with van der Waals surface area (Å²) in [5, 5.41) is 2.67. The molecule has 0 saturated carbocycles. The van der Waals surface area contributed by atoms with Gasteiger partial charge in [0.05, 0.1) is 6.42 Å². The second-order valence-corrected chi connectivity index (χ2v) is 3.43. The molecule has 0 fully saturated rings. The molecule has 0 rings (SSSR count). The highest BCUT2D eigenvalue weighted by Gasteiger charge is 2.11. The minimum atomic E-state index is -0.610. The molecule has 0 aliphatic rings. The highest BCUT2D eigenvalue weighted by atomic mass is 31.1. The minimum absolute atomic E-state index is 0.0347. The molecule has 0 aliphatic heterocycles. The predicted octanol–water partition coefficient (Wildman–Crippen LogP) is 1.07. The summed E-state index contributed by atoms with van der Waals surface area (Å²) in [7, 11) is 4.63. The number of hydrogen-bond donors (Lipinski definition) is 1. The lowest BCUT2D eigenvalue weighted by Gasteiger charge is -2.06. The summed E-state index contributed by atoms with van der Waals surface area (Å²) in [6.07, 6.45) is 1.90. The molecule has 1 N–H and O–H groups in total. The van der Waals surface area contributed by atoms with Gasteiger partial charge in [0.1, 0.15) is 0 Å². The van der Waals surface area contributed by atoms with Crippen LogP contribution in [0, 0.1) is 0 Å². The molecule has 0 saturated heterocycles. The molecule has 4 nitrogen and oxygen atoms in total. The van der Waals surface area contributed by atoms with E-state index in [1.807, 2.05) is 6.92 Å². The van der Waals surface area contributed by atoms with Crippen LogP contribution in [0.4, 0.5) is 0 Å². The number of carbonyl (C=O) groups is 2. The largest absolute Gasteiger partial charge is 0.457 e. The maximum atomic E-state index is 11.2. The van der Waals surface area contributed by atoms with Gasteiger partial charge < -0.3 is 9.84 Å². The number of rotatable bonds is 7. The quantitative estimate of drug-likeness (QED) is 0.306. The molecule has 0 aromatic carbocycles. The van der Waals surface area contributed by atoms with Gasteiger partial charge in [0, 0.05) is 20.8 Å². The van der Waals surface area contributed by atoms with Gasteiger partial charge in [-0.1, -0.05) is 19.9 Å². The third-order valence-corrected chi connectivity index (χ3v) is 1.97. The zero-order valence-electron chi connectivity index (χ0n) is 8.84. The second-order valence-electron chi connectivity index (χ2n) is 2.99. The van der Waals surface area contributed by atoms with E-state index in [4.69, 9.17) is 7.57 Å². The molecule has 1 amide bonds. The molecule has 0 aromatic rings. The van der Waals surface area contributed by atoms with E-state index in [2.05, 4.69) is 16.4 Å². The van der Waals surface area contributed by atoms with Crippen molar-refractivity contribution in [3.05, 3.63) is 12.2 Å². The molecular weight excluding hydrogens is 212 g/mol. The van der Waals surface area contributed by atoms with Crippen molar-refractivity contribution in [1.82, 2.24) is 5.32 Å². The summed E-state index contributed by atoms with van der Waals surface area (Å²) in [5.74, 6) is -0.827. The fraction of sp³-hybridized carbons (Fsp3) is 0.556. The lowest BCUT2D eigenvalue weighted by Crippen LogP contribution is -2.25. The van der Waals surface area contributed by atoms with Crippen LogP contribution < -0.4 is 5.32 Å². The smallest absolute Gasteiger partial charge is 0.335 e. The number of unbranched alkanes of at least 4 members (excludes halogenated alkanes) is 1. The first-order chi connectivity index (χ1) is 7.11. The summed E-state index contributed by atoms with van der Waals surface area (Å²) in [4.78, 5) is 22.3. The van der Waals surface area contributed by atoms with E-state index in [0.717, 1.165) is 12.8 Å². The van der Waals surface area contributed by atoms with E-state index in [9.17, 15) is 9.59 Å². The SMILES string of the molecule is [B]POC(=O)C(=C)CC(=O)NCCCC. The maximum absolute atomic E-state index is 11.2. The van der Waals surface area contributed by atoms with Crippen LogP contribution in [0.15, 0.2) is 12.2 Å². The third kappa shape index (κ3) is 7.14. The van der Waals surface area contributed by atoms with Gasteiger partial charge in [-0.2, -0.15) is 0 Å². The highest BCUT2D eigenvalue weighted by molar-refractivity contribution is 7.62. The van der Waals surface area contributed by atoms with Crippen molar-refractivity contribution < 1.29 is 14.1 Å². The van der Waals surface area contributed by atoms with Gasteiger partial charge in [0.15, 0.2) is 7.57 Å². The first-order valence-corrected chi connectivity index (χ1v) is 5.71. The van der Waals surface area contributed by atoms with Crippen LogP contribution in [-0.2, 0) is 14.1 Å². The fourth-order valence-electron chi connectivity index (χ4n) is 0.859. The monoisotopic (exact) mass is 227 g/mol. The second kappa shape index (κ2) is 8.48. The van der Waals surface area contributed by atoms with E-state index in [0.29, 0.717) is 6.54 Å². The third-order valence-electron chi connectivity index (χ3n) is 1.67. The van der Waals surface area contributed by atoms with Crippen LogP contribution in [0.25, 0.3) is 0 Å². The van der Waals surface area contributed by atoms with Crippen LogP contribution in [-0.4, -0.2) is 26.0 Å². The van der Waals surface area contributed by atoms with Gasteiger partial charge in [0.2, 0.25) is 5.91 Å². The molecule has 6 heteroatoms. The summed E-state index contributed by atoms with van der Waals surface area (Å²) in [6.45, 7) is 6.11. The van der Waals surface area contributed by atoms with E-state index in [-0.39, 0.29) is 17.9 Å². The van der Waals surface area contributed by atoms with Crippen molar-refractivity contribution in [2.75, 3.05) is 6.54 Å². The molecule has 0 spiro atoms. The average Bonchev–Trinajstić information content (AvgIpc) is 2.18. The zero-order chi connectivity index (χ0) is 11.7. The normalized spacial score (nSPS) is 10.2. The molecule has 0 aliphatic carbocycles. The Kier molecular flexibility index (Phi) is 8.01. The van der Waals surface area contributed by atoms with Crippen LogP contribution in [0.5, 0.6) is 0 Å². The Balaban J connectivity index is 3.76. The summed E-state index contributed by atoms with van der Waals surface area (Å²) in [6, 6.07) is 0. The van der Waals surface area contributed by atoms with Crippen molar-refractivity contribution >= 4 is 28.1 Å². The fourth-order valence-corrected chi connectivity index (χ4v) is 1.11. The first-order valence-electron chi connectivity index (χ1n) is 4.73. The summed E-state index contributed by atoms with van der Waals surface area (Å²) >= 11 is 0. The van der Waals surface area contributed by atoms with Gasteiger partial charge in [0.25, 0.3) is 0 Å². The van der Waals surface area contributed by atoms with Gasteiger partial charge in [-0.15, -0.1) is 0 Å². The lowest BCUT2D eigenvalue weighted by molar-refractivity contribution is -0.130. The van der Waals surface area contributed by atoms with E-state index >= 15 is 0 Å². The van der Waals surface area contributed by atoms with Gasteiger partial charge in [-0.05, 0) is 6.42 Å². The Morgan fingerprint density at radius 1 is 1.53 bits per heavy atom. The minimum Gasteiger partial charge on any atom is -0.457 e. The van der Waals surface area contributed by atoms with Crippen molar-refractivity contribution in [2.24, 2.45) is 0 Å². The van der Waals surface area contributed by atoms with Crippen LogP contribution in [0.1, 0.15) is 26.2 Å². The zero-order valence-corrected chi connectivity index (χ0v) is 9.84. The molecule has 2 radical (unpaired) electrons. The van der Waals surface area contributed by atoms with Crippen molar-refractivity contribution in [3.8, 4) is 0 Å². The van der Waals surface area contributed by atoms with Crippen LogP contribution in [0.3, 0.4) is 0 Å². The molecule has 1 unspecified atom stereocenters. The summed E-state index contributed by atoms with van der Waals surface area (Å²) < 4.78 is 4.52. The standard InChI is InChI=1S/C9H15BNO3P/c1-3-4-5-11-8(12)6-7(2)9(13)14-15-10/h15H,2-6H2,1H3,(H,11,12). The molecule has 0 aromatic heterocycles. The molecule has 0 bridgehead atoms. The molecule has 15 heavy (non-hydrogen) atoms. The first kappa shape index (κ1) is 14.2. The predicted molar refractivity (Wildman–Crippen MR) is 61.8 cm³/mol. The van der Waals surface area contributed by atoms with E-state index in [1.54, 1.807) is 0 Å². The van der Waals surface area contributed by atoms with Gasteiger partial charge in [-0.25, -0.2) is 4.79 Å². The lowest BCUT2D eigenvalue weighted by atomic mass is 10.2. The molecule has 0 heterocycles. The number of hydrogen-bond acceptors (Lipinski definition) is 3. The Labute approximate surface area is 93.1 Å². The average molecular weight is 227 g/mol. The number of amides is 1. The van der Waals surface area contributed by atoms with Gasteiger partial charge >= 0.3 is 5.97 Å². The number of nitrogens with one attached hydrogen (secondary N) is 1. The Morgan fingerprint density at radius 2 is 2.20 bits per heavy atom. The maximum Gasteiger partial charge on any atom is 0.335 e. The Bertz CT molecular complexity index is 246. The summed E-state index contributed by atoms with van der Waals surface area (Å²) in [5.41, 5.74) is 0.127. The Hall–Kier alpha value is -0.825. The van der Waals surface area contributed by atoms with Crippen LogP contribution in [0.2, 0.25) is 0 Å². The highest BCUT2D eigenvalue weighted by Crippen LogP contribution is 2.09. The van der Waals surface area contributed by atoms with Crippen molar-refractivity contribution in [2.45, 2.75) is 26.2 Å². The van der Waals surface area contributed by atoms with E-state index < -0.39 is 14.7 Å². The van der Waals surface area contributed by atoms with Crippen molar-refractivity contribution in [1.29, 1.82) is 0 Å². The molecular formula is C9H15BNO3P. The van der Waals surface area contributed by atoms with Crippen LogP contribution >= 0.6 is 8.69 Å². The topological polar surface area (TPSA) is 55.4 Å². The van der Waals surface area contributed by atoms with E-state index in [1.165, 1.54) is 0 Å². The Morgan fingerprint density at radius 3 is 2.73 bits per heavy atom. The molecule has 1 atom stereocenters.